The molecule has 2 aromatic rings. The summed E-state index contributed by atoms with van der Waals surface area (Å²) in [6.07, 6.45) is 2.39. The van der Waals surface area contributed by atoms with Crippen LogP contribution in [0.1, 0.15) is 35.7 Å². The highest BCUT2D eigenvalue weighted by Crippen LogP contribution is 2.36. The summed E-state index contributed by atoms with van der Waals surface area (Å²) in [5, 5.41) is 0. The second-order valence-electron chi connectivity index (χ2n) is 6.56. The second kappa shape index (κ2) is 7.60. The highest BCUT2D eigenvalue weighted by Gasteiger charge is 2.35. The molecule has 25 heavy (non-hydrogen) atoms. The predicted octanol–water partition coefficient (Wildman–Crippen LogP) is 4.14. The van der Waals surface area contributed by atoms with Gasteiger partial charge in [-0.25, -0.2) is 0 Å². The molecule has 0 radical (unpaired) electrons. The third-order valence-electron chi connectivity index (χ3n) is 4.91. The Labute approximate surface area is 149 Å². The monoisotopic (exact) mass is 339 g/mol. The Morgan fingerprint density at radius 1 is 1.08 bits per heavy atom. The molecule has 1 amide bonds. The smallest absolute Gasteiger partial charge is 0.258 e. The Kier molecular flexibility index (Phi) is 5.27. The number of ether oxygens (including phenoxy) is 2. The van der Waals surface area contributed by atoms with Crippen molar-refractivity contribution in [3.05, 3.63) is 59.7 Å². The molecule has 0 spiro atoms. The predicted molar refractivity (Wildman–Crippen MR) is 98.0 cm³/mol. The van der Waals surface area contributed by atoms with Crippen LogP contribution < -0.4 is 9.47 Å². The molecule has 0 bridgehead atoms. The molecule has 1 atom stereocenters. The van der Waals surface area contributed by atoms with E-state index in [0.717, 1.165) is 11.3 Å². The topological polar surface area (TPSA) is 38.8 Å². The summed E-state index contributed by atoms with van der Waals surface area (Å²) in [6.45, 7) is 2.73. The zero-order valence-electron chi connectivity index (χ0n) is 15.1. The van der Waals surface area contributed by atoms with Gasteiger partial charge in [-0.3, -0.25) is 4.79 Å². The number of benzene rings is 2. The van der Waals surface area contributed by atoms with Crippen molar-refractivity contribution in [2.45, 2.75) is 32.4 Å². The molecule has 0 N–H and O–H groups in total. The summed E-state index contributed by atoms with van der Waals surface area (Å²) in [4.78, 5) is 15.2. The fraction of sp³-hybridized carbons (Fsp3) is 0.381. The van der Waals surface area contributed by atoms with E-state index in [1.54, 1.807) is 14.2 Å². The maximum absolute atomic E-state index is 13.2. The molecule has 1 fully saturated rings. The number of carbonyl (C=O) groups is 1. The molecule has 1 aliphatic carbocycles. The first-order valence-corrected chi connectivity index (χ1v) is 8.71. The van der Waals surface area contributed by atoms with E-state index in [9.17, 15) is 4.79 Å². The van der Waals surface area contributed by atoms with Crippen molar-refractivity contribution in [2.75, 3.05) is 14.2 Å². The number of carbonyl (C=O) groups excluding carboxylic acids is 1. The zero-order valence-corrected chi connectivity index (χ0v) is 15.1. The molecule has 2 aromatic carbocycles. The minimum absolute atomic E-state index is 0.0210. The highest BCUT2D eigenvalue weighted by molar-refractivity contribution is 5.97. The quantitative estimate of drug-likeness (QED) is 0.761. The van der Waals surface area contributed by atoms with Gasteiger partial charge in [0, 0.05) is 12.6 Å². The van der Waals surface area contributed by atoms with Gasteiger partial charge in [0.2, 0.25) is 0 Å². The van der Waals surface area contributed by atoms with Crippen molar-refractivity contribution in [3.8, 4) is 11.5 Å². The Morgan fingerprint density at radius 2 is 1.76 bits per heavy atom. The van der Waals surface area contributed by atoms with Crippen LogP contribution in [0, 0.1) is 5.92 Å². The van der Waals surface area contributed by atoms with E-state index in [1.165, 1.54) is 12.8 Å². The molecule has 0 aromatic heterocycles. The van der Waals surface area contributed by atoms with Crippen molar-refractivity contribution < 1.29 is 14.3 Å². The van der Waals surface area contributed by atoms with Crippen molar-refractivity contribution in [1.29, 1.82) is 0 Å². The SMILES string of the molecule is COc1ccc(CN(C(=O)c2ccccc2OC)C(C)C2CC2)cc1. The van der Waals surface area contributed by atoms with Gasteiger partial charge in [0.25, 0.3) is 5.91 Å². The molecule has 0 aliphatic heterocycles. The average Bonchev–Trinajstić information content (AvgIpc) is 3.50. The summed E-state index contributed by atoms with van der Waals surface area (Å²) in [5.74, 6) is 2.06. The number of hydrogen-bond acceptors (Lipinski definition) is 3. The largest absolute Gasteiger partial charge is 0.497 e. The van der Waals surface area contributed by atoms with E-state index in [0.29, 0.717) is 23.8 Å². The van der Waals surface area contributed by atoms with Crippen molar-refractivity contribution in [2.24, 2.45) is 5.92 Å². The lowest BCUT2D eigenvalue weighted by Crippen LogP contribution is -2.39. The standard InChI is InChI=1S/C21H25NO3/c1-15(17-10-11-17)22(14-16-8-12-18(24-2)13-9-16)21(23)19-6-4-5-7-20(19)25-3/h4-9,12-13,15,17H,10-11,14H2,1-3H3. The first kappa shape index (κ1) is 17.3. The van der Waals surface area contributed by atoms with Crippen LogP contribution in [-0.4, -0.2) is 31.1 Å². The minimum atomic E-state index is 0.0210. The summed E-state index contributed by atoms with van der Waals surface area (Å²) in [6, 6.07) is 15.5. The number of amides is 1. The van der Waals surface area contributed by atoms with Gasteiger partial charge in [-0.15, -0.1) is 0 Å². The maximum atomic E-state index is 13.2. The van der Waals surface area contributed by atoms with Crippen LogP contribution in [0.2, 0.25) is 0 Å². The van der Waals surface area contributed by atoms with E-state index in [-0.39, 0.29) is 11.9 Å². The Bertz CT molecular complexity index is 722. The second-order valence-corrected chi connectivity index (χ2v) is 6.56. The number of nitrogens with zero attached hydrogens (tertiary/aromatic N) is 1. The zero-order chi connectivity index (χ0) is 17.8. The van der Waals surface area contributed by atoms with E-state index < -0.39 is 0 Å². The molecule has 1 unspecified atom stereocenters. The van der Waals surface area contributed by atoms with Crippen molar-refractivity contribution in [3.63, 3.8) is 0 Å². The lowest BCUT2D eigenvalue weighted by Gasteiger charge is -2.30. The third-order valence-corrected chi connectivity index (χ3v) is 4.91. The number of methoxy groups -OCH3 is 2. The third kappa shape index (κ3) is 3.95. The van der Waals surface area contributed by atoms with Crippen LogP contribution in [0.4, 0.5) is 0 Å². The molecular weight excluding hydrogens is 314 g/mol. The molecule has 0 heterocycles. The fourth-order valence-corrected chi connectivity index (χ4v) is 3.14. The van der Waals surface area contributed by atoms with Gasteiger partial charge in [-0.05, 0) is 55.5 Å². The van der Waals surface area contributed by atoms with Gasteiger partial charge in [0.05, 0.1) is 19.8 Å². The Balaban J connectivity index is 1.87. The first-order chi connectivity index (χ1) is 12.1. The molecule has 4 heteroatoms. The van der Waals surface area contributed by atoms with E-state index in [4.69, 9.17) is 9.47 Å². The number of para-hydroxylation sites is 1. The van der Waals surface area contributed by atoms with Crippen LogP contribution in [-0.2, 0) is 6.54 Å². The minimum Gasteiger partial charge on any atom is -0.497 e. The van der Waals surface area contributed by atoms with Gasteiger partial charge in [0.15, 0.2) is 0 Å². The molecule has 3 rings (SSSR count). The van der Waals surface area contributed by atoms with Crippen molar-refractivity contribution in [1.82, 2.24) is 4.90 Å². The number of hydrogen-bond donors (Lipinski definition) is 0. The van der Waals surface area contributed by atoms with Gasteiger partial charge < -0.3 is 14.4 Å². The van der Waals surface area contributed by atoms with Crippen LogP contribution in [0.25, 0.3) is 0 Å². The van der Waals surface area contributed by atoms with E-state index in [2.05, 4.69) is 6.92 Å². The molecule has 4 nitrogen and oxygen atoms in total. The Hall–Kier alpha value is -2.49. The van der Waals surface area contributed by atoms with Crippen LogP contribution >= 0.6 is 0 Å². The molecule has 1 saturated carbocycles. The van der Waals surface area contributed by atoms with Gasteiger partial charge >= 0.3 is 0 Å². The van der Waals surface area contributed by atoms with Crippen LogP contribution in [0.15, 0.2) is 48.5 Å². The molecule has 0 saturated heterocycles. The molecular formula is C21H25NO3. The Morgan fingerprint density at radius 3 is 2.36 bits per heavy atom. The molecule has 1 aliphatic rings. The average molecular weight is 339 g/mol. The fourth-order valence-electron chi connectivity index (χ4n) is 3.14. The van der Waals surface area contributed by atoms with Crippen molar-refractivity contribution >= 4 is 5.91 Å². The van der Waals surface area contributed by atoms with E-state index >= 15 is 0 Å². The lowest BCUT2D eigenvalue weighted by atomic mass is 10.1. The summed E-state index contributed by atoms with van der Waals surface area (Å²) in [5.41, 5.74) is 1.71. The number of rotatable bonds is 7. The normalized spacial score (nSPS) is 14.7. The van der Waals surface area contributed by atoms with Gasteiger partial charge in [-0.2, -0.15) is 0 Å². The van der Waals surface area contributed by atoms with Crippen LogP contribution in [0.3, 0.4) is 0 Å². The first-order valence-electron chi connectivity index (χ1n) is 8.71. The maximum Gasteiger partial charge on any atom is 0.258 e. The summed E-state index contributed by atoms with van der Waals surface area (Å²) >= 11 is 0. The molecule has 132 valence electrons. The highest BCUT2D eigenvalue weighted by atomic mass is 16.5. The van der Waals surface area contributed by atoms with Gasteiger partial charge in [-0.1, -0.05) is 24.3 Å². The van der Waals surface area contributed by atoms with Gasteiger partial charge in [0.1, 0.15) is 11.5 Å². The van der Waals surface area contributed by atoms with E-state index in [1.807, 2.05) is 53.4 Å². The summed E-state index contributed by atoms with van der Waals surface area (Å²) < 4.78 is 10.6. The lowest BCUT2D eigenvalue weighted by molar-refractivity contribution is 0.0651. The summed E-state index contributed by atoms with van der Waals surface area (Å²) in [7, 11) is 3.26. The van der Waals surface area contributed by atoms with Crippen LogP contribution in [0.5, 0.6) is 11.5 Å².